The van der Waals surface area contributed by atoms with E-state index in [0.717, 1.165) is 0 Å². The molecular formula is C13H17N3O3. The molecule has 1 atom stereocenters. The van der Waals surface area contributed by atoms with Crippen LogP contribution in [-0.2, 0) is 4.74 Å². The smallest absolute Gasteiger partial charge is 0.254 e. The number of primary amides is 1. The average Bonchev–Trinajstić information content (AvgIpc) is 2.46. The van der Waals surface area contributed by atoms with Gasteiger partial charge in [-0.3, -0.25) is 9.59 Å². The van der Waals surface area contributed by atoms with E-state index in [9.17, 15) is 9.59 Å². The summed E-state index contributed by atoms with van der Waals surface area (Å²) in [6.45, 7) is 1.85. The number of rotatable bonds is 3. The molecule has 19 heavy (non-hydrogen) atoms. The van der Waals surface area contributed by atoms with Crippen molar-refractivity contribution < 1.29 is 14.3 Å². The first-order valence-corrected chi connectivity index (χ1v) is 6.12. The van der Waals surface area contributed by atoms with Gasteiger partial charge in [0, 0.05) is 30.8 Å². The minimum absolute atomic E-state index is 0.128. The molecule has 1 fully saturated rings. The van der Waals surface area contributed by atoms with Crippen molar-refractivity contribution in [1.29, 1.82) is 0 Å². The van der Waals surface area contributed by atoms with E-state index in [2.05, 4.69) is 0 Å². The summed E-state index contributed by atoms with van der Waals surface area (Å²) in [5, 5.41) is 0. The van der Waals surface area contributed by atoms with Crippen LogP contribution in [0.4, 0.5) is 0 Å². The lowest BCUT2D eigenvalue weighted by molar-refractivity contribution is -0.0167. The molecule has 6 heteroatoms. The first-order chi connectivity index (χ1) is 9.11. The Balaban J connectivity index is 2.14. The molecule has 0 radical (unpaired) electrons. The van der Waals surface area contributed by atoms with E-state index in [1.54, 1.807) is 23.1 Å². The summed E-state index contributed by atoms with van der Waals surface area (Å²) in [5.74, 6) is -0.679. The second kappa shape index (κ2) is 5.81. The fraction of sp³-hybridized carbons (Fsp3) is 0.385. The number of ether oxygens (including phenoxy) is 1. The predicted molar refractivity (Wildman–Crippen MR) is 69.7 cm³/mol. The van der Waals surface area contributed by atoms with Crippen LogP contribution in [-0.4, -0.2) is 49.1 Å². The molecule has 4 N–H and O–H groups in total. The van der Waals surface area contributed by atoms with Crippen LogP contribution in [0.3, 0.4) is 0 Å². The van der Waals surface area contributed by atoms with Crippen LogP contribution in [0.25, 0.3) is 0 Å². The van der Waals surface area contributed by atoms with Crippen LogP contribution >= 0.6 is 0 Å². The second-order valence-electron chi connectivity index (χ2n) is 4.42. The van der Waals surface area contributed by atoms with E-state index in [4.69, 9.17) is 16.2 Å². The van der Waals surface area contributed by atoms with Gasteiger partial charge in [-0.25, -0.2) is 0 Å². The quantitative estimate of drug-likeness (QED) is 0.774. The number of amides is 2. The van der Waals surface area contributed by atoms with E-state index in [-0.39, 0.29) is 12.0 Å². The molecule has 1 aromatic rings. The summed E-state index contributed by atoms with van der Waals surface area (Å²) in [6, 6.07) is 6.41. The lowest BCUT2D eigenvalue weighted by Gasteiger charge is -2.32. The standard InChI is InChI=1S/C13H17N3O3/c14-7-11-8-16(4-5-19-11)13(18)10-3-1-2-9(6-10)12(15)17/h1-3,6,11H,4-5,7-8,14H2,(H2,15,17). The molecule has 0 spiro atoms. The molecule has 0 bridgehead atoms. The molecule has 1 aliphatic rings. The summed E-state index contributed by atoms with van der Waals surface area (Å²) in [6.07, 6.45) is -0.128. The lowest BCUT2D eigenvalue weighted by Crippen LogP contribution is -2.48. The van der Waals surface area contributed by atoms with Crippen molar-refractivity contribution in [3.05, 3.63) is 35.4 Å². The largest absolute Gasteiger partial charge is 0.373 e. The molecule has 2 amide bonds. The predicted octanol–water partition coefficient (Wildman–Crippen LogP) is -0.415. The summed E-state index contributed by atoms with van der Waals surface area (Å²) < 4.78 is 5.41. The van der Waals surface area contributed by atoms with Crippen LogP contribution in [0.2, 0.25) is 0 Å². The molecule has 0 saturated carbocycles. The number of carbonyl (C=O) groups excluding carboxylic acids is 2. The van der Waals surface area contributed by atoms with Gasteiger partial charge in [-0.1, -0.05) is 6.07 Å². The van der Waals surface area contributed by atoms with Gasteiger partial charge in [-0.05, 0) is 18.2 Å². The lowest BCUT2D eigenvalue weighted by atomic mass is 10.1. The monoisotopic (exact) mass is 263 g/mol. The van der Waals surface area contributed by atoms with Gasteiger partial charge in [0.15, 0.2) is 0 Å². The molecule has 0 aromatic heterocycles. The Morgan fingerprint density at radius 2 is 2.11 bits per heavy atom. The maximum atomic E-state index is 12.3. The highest BCUT2D eigenvalue weighted by molar-refractivity contribution is 5.99. The van der Waals surface area contributed by atoms with Crippen molar-refractivity contribution in [2.75, 3.05) is 26.2 Å². The van der Waals surface area contributed by atoms with Crippen LogP contribution in [0.1, 0.15) is 20.7 Å². The molecule has 1 aromatic carbocycles. The molecule has 1 heterocycles. The second-order valence-corrected chi connectivity index (χ2v) is 4.42. The fourth-order valence-electron chi connectivity index (χ4n) is 2.03. The third-order valence-corrected chi connectivity index (χ3v) is 3.08. The summed E-state index contributed by atoms with van der Waals surface area (Å²) in [5.41, 5.74) is 11.5. The summed E-state index contributed by atoms with van der Waals surface area (Å²) >= 11 is 0. The average molecular weight is 263 g/mol. The van der Waals surface area contributed by atoms with Gasteiger partial charge in [0.1, 0.15) is 0 Å². The molecule has 2 rings (SSSR count). The molecule has 6 nitrogen and oxygen atoms in total. The van der Waals surface area contributed by atoms with Crippen molar-refractivity contribution in [3.63, 3.8) is 0 Å². The van der Waals surface area contributed by atoms with Crippen molar-refractivity contribution >= 4 is 11.8 Å². The minimum atomic E-state index is -0.545. The Morgan fingerprint density at radius 3 is 2.79 bits per heavy atom. The van der Waals surface area contributed by atoms with Crippen molar-refractivity contribution in [1.82, 2.24) is 4.90 Å². The van der Waals surface area contributed by atoms with Gasteiger partial charge in [0.2, 0.25) is 5.91 Å². The Hall–Kier alpha value is -1.92. The molecular weight excluding hydrogens is 246 g/mol. The topological polar surface area (TPSA) is 98.6 Å². The van der Waals surface area contributed by atoms with Gasteiger partial charge in [-0.15, -0.1) is 0 Å². The number of benzene rings is 1. The highest BCUT2D eigenvalue weighted by Crippen LogP contribution is 2.12. The number of hydrogen-bond donors (Lipinski definition) is 2. The zero-order valence-corrected chi connectivity index (χ0v) is 10.5. The van der Waals surface area contributed by atoms with E-state index in [0.29, 0.717) is 37.4 Å². The fourth-order valence-corrected chi connectivity index (χ4v) is 2.03. The Bertz CT molecular complexity index is 490. The van der Waals surface area contributed by atoms with Crippen molar-refractivity contribution in [3.8, 4) is 0 Å². The van der Waals surface area contributed by atoms with Crippen LogP contribution in [0.15, 0.2) is 24.3 Å². The third kappa shape index (κ3) is 3.10. The number of morpholine rings is 1. The molecule has 0 aliphatic carbocycles. The van der Waals surface area contributed by atoms with Gasteiger partial charge in [-0.2, -0.15) is 0 Å². The Labute approximate surface area is 111 Å². The molecule has 1 saturated heterocycles. The third-order valence-electron chi connectivity index (χ3n) is 3.08. The zero-order chi connectivity index (χ0) is 13.8. The number of nitrogens with two attached hydrogens (primary N) is 2. The molecule has 1 aliphatic heterocycles. The number of nitrogens with zero attached hydrogens (tertiary/aromatic N) is 1. The van der Waals surface area contributed by atoms with Gasteiger partial charge in [0.05, 0.1) is 12.7 Å². The van der Waals surface area contributed by atoms with Crippen molar-refractivity contribution in [2.45, 2.75) is 6.10 Å². The summed E-state index contributed by atoms with van der Waals surface area (Å²) in [4.78, 5) is 25.1. The normalized spacial score (nSPS) is 19.2. The highest BCUT2D eigenvalue weighted by atomic mass is 16.5. The molecule has 1 unspecified atom stereocenters. The Kier molecular flexibility index (Phi) is 4.13. The number of hydrogen-bond acceptors (Lipinski definition) is 4. The highest BCUT2D eigenvalue weighted by Gasteiger charge is 2.24. The van der Waals surface area contributed by atoms with Crippen molar-refractivity contribution in [2.24, 2.45) is 11.5 Å². The van der Waals surface area contributed by atoms with E-state index < -0.39 is 5.91 Å². The SMILES string of the molecule is NCC1CN(C(=O)c2cccc(C(N)=O)c2)CCO1. The van der Waals surface area contributed by atoms with E-state index >= 15 is 0 Å². The van der Waals surface area contributed by atoms with Crippen LogP contribution < -0.4 is 11.5 Å². The molecule has 102 valence electrons. The first-order valence-electron chi connectivity index (χ1n) is 6.12. The van der Waals surface area contributed by atoms with Crippen LogP contribution in [0.5, 0.6) is 0 Å². The first kappa shape index (κ1) is 13.5. The minimum Gasteiger partial charge on any atom is -0.373 e. The Morgan fingerprint density at radius 1 is 1.37 bits per heavy atom. The van der Waals surface area contributed by atoms with Gasteiger partial charge in [0.25, 0.3) is 5.91 Å². The van der Waals surface area contributed by atoms with Gasteiger partial charge >= 0.3 is 0 Å². The van der Waals surface area contributed by atoms with E-state index in [1.165, 1.54) is 6.07 Å². The summed E-state index contributed by atoms with van der Waals surface area (Å²) in [7, 11) is 0. The van der Waals surface area contributed by atoms with Crippen LogP contribution in [0, 0.1) is 0 Å². The van der Waals surface area contributed by atoms with E-state index in [1.807, 2.05) is 0 Å². The maximum absolute atomic E-state index is 12.3. The number of carbonyl (C=O) groups is 2. The van der Waals surface area contributed by atoms with Gasteiger partial charge < -0.3 is 21.1 Å². The maximum Gasteiger partial charge on any atom is 0.254 e. The zero-order valence-electron chi connectivity index (χ0n) is 10.5.